The van der Waals surface area contributed by atoms with Crippen molar-refractivity contribution in [3.05, 3.63) is 52.3 Å². The first-order valence-corrected chi connectivity index (χ1v) is 5.71. The van der Waals surface area contributed by atoms with Gasteiger partial charge in [-0.05, 0) is 15.5 Å². The van der Waals surface area contributed by atoms with Crippen molar-refractivity contribution < 1.29 is 10.0 Å². The van der Waals surface area contributed by atoms with Crippen LogP contribution in [0.1, 0.15) is 11.6 Å². The highest BCUT2D eigenvalue weighted by Crippen LogP contribution is 2.26. The van der Waals surface area contributed by atoms with E-state index >= 15 is 0 Å². The molecule has 1 heterocycles. The van der Waals surface area contributed by atoms with Gasteiger partial charge in [-0.2, -0.15) is 0 Å². The summed E-state index contributed by atoms with van der Waals surface area (Å²) in [7, 11) is 1.65. The summed E-state index contributed by atoms with van der Waals surface area (Å²) in [6, 6.07) is 8.82. The Morgan fingerprint density at radius 3 is 2.74 bits per heavy atom. The van der Waals surface area contributed by atoms with Crippen LogP contribution in [0.2, 0.25) is 0 Å². The Hall–Kier alpha value is -2.41. The van der Waals surface area contributed by atoms with Gasteiger partial charge in [-0.3, -0.25) is 4.57 Å². The number of nitrogens with zero attached hydrogens (tertiary/aromatic N) is 3. The lowest BCUT2D eigenvalue weighted by Crippen LogP contribution is -2.17. The van der Waals surface area contributed by atoms with E-state index in [-0.39, 0.29) is 18.2 Å². The van der Waals surface area contributed by atoms with Crippen LogP contribution in [0.3, 0.4) is 0 Å². The number of aromatic nitrogens is 2. The first-order valence-electron chi connectivity index (χ1n) is 5.71. The number of aryl methyl sites for hydroxylation is 1. The van der Waals surface area contributed by atoms with E-state index in [2.05, 4.69) is 10.3 Å². The number of hydrogen-bond donors (Lipinski definition) is 2. The van der Waals surface area contributed by atoms with Crippen LogP contribution in [0.5, 0.6) is 0 Å². The quantitative estimate of drug-likeness (QED) is 0.628. The van der Waals surface area contributed by atoms with Gasteiger partial charge in [0.2, 0.25) is 12.1 Å². The van der Waals surface area contributed by atoms with E-state index in [0.717, 1.165) is 5.56 Å². The Labute approximate surface area is 109 Å². The SMILES string of the molecule is Cn1cnc([N+](=O)[O-])c1NC(CO)c1ccccc1. The number of benzene rings is 1. The summed E-state index contributed by atoms with van der Waals surface area (Å²) in [6.07, 6.45) is 1.36. The molecule has 19 heavy (non-hydrogen) atoms. The summed E-state index contributed by atoms with van der Waals surface area (Å²) in [4.78, 5) is 14.0. The summed E-state index contributed by atoms with van der Waals surface area (Å²) >= 11 is 0. The predicted octanol–water partition coefficient (Wildman–Crippen LogP) is 1.47. The number of nitro groups is 1. The maximum absolute atomic E-state index is 10.9. The third kappa shape index (κ3) is 2.71. The number of aliphatic hydroxyl groups is 1. The van der Waals surface area contributed by atoms with E-state index in [4.69, 9.17) is 0 Å². The molecule has 100 valence electrons. The summed E-state index contributed by atoms with van der Waals surface area (Å²) in [5.41, 5.74) is 0.848. The molecule has 0 bridgehead atoms. The van der Waals surface area contributed by atoms with Crippen LogP contribution >= 0.6 is 0 Å². The minimum atomic E-state index is -0.554. The molecule has 0 fully saturated rings. The van der Waals surface area contributed by atoms with Gasteiger partial charge in [0.25, 0.3) is 0 Å². The monoisotopic (exact) mass is 262 g/mol. The first-order chi connectivity index (χ1) is 9.13. The average molecular weight is 262 g/mol. The van der Waals surface area contributed by atoms with Crippen LogP contribution in [0.25, 0.3) is 0 Å². The van der Waals surface area contributed by atoms with Crippen LogP contribution in [-0.4, -0.2) is 26.2 Å². The maximum atomic E-state index is 10.9. The molecule has 2 N–H and O–H groups in total. The fraction of sp³-hybridized carbons (Fsp3) is 0.250. The predicted molar refractivity (Wildman–Crippen MR) is 69.8 cm³/mol. The van der Waals surface area contributed by atoms with Gasteiger partial charge < -0.3 is 20.5 Å². The van der Waals surface area contributed by atoms with Gasteiger partial charge in [0.1, 0.15) is 0 Å². The second-order valence-electron chi connectivity index (χ2n) is 4.07. The van der Waals surface area contributed by atoms with Gasteiger partial charge in [-0.15, -0.1) is 0 Å². The second-order valence-corrected chi connectivity index (χ2v) is 4.07. The molecule has 1 unspecified atom stereocenters. The Morgan fingerprint density at radius 2 is 2.16 bits per heavy atom. The number of imidazole rings is 1. The van der Waals surface area contributed by atoms with Crippen molar-refractivity contribution in [1.29, 1.82) is 0 Å². The van der Waals surface area contributed by atoms with Crippen molar-refractivity contribution >= 4 is 11.6 Å². The molecule has 1 aromatic heterocycles. The Morgan fingerprint density at radius 1 is 1.47 bits per heavy atom. The lowest BCUT2D eigenvalue weighted by molar-refractivity contribution is -0.388. The lowest BCUT2D eigenvalue weighted by Gasteiger charge is -2.17. The zero-order chi connectivity index (χ0) is 13.8. The normalized spacial score (nSPS) is 12.1. The smallest absolute Gasteiger partial charge is 0.394 e. The molecule has 1 atom stereocenters. The number of nitrogens with one attached hydrogen (secondary N) is 1. The summed E-state index contributed by atoms with van der Waals surface area (Å²) in [6.45, 7) is -0.174. The molecule has 0 aliphatic carbocycles. The highest BCUT2D eigenvalue weighted by Gasteiger charge is 2.23. The van der Waals surface area contributed by atoms with Gasteiger partial charge >= 0.3 is 5.82 Å². The van der Waals surface area contributed by atoms with Crippen molar-refractivity contribution in [2.45, 2.75) is 6.04 Å². The van der Waals surface area contributed by atoms with Crippen LogP contribution in [0, 0.1) is 10.1 Å². The first kappa shape index (κ1) is 13.0. The van der Waals surface area contributed by atoms with Crippen LogP contribution < -0.4 is 5.32 Å². The third-order valence-electron chi connectivity index (χ3n) is 2.79. The summed E-state index contributed by atoms with van der Waals surface area (Å²) < 4.78 is 1.52. The van der Waals surface area contributed by atoms with Gasteiger partial charge in [-0.1, -0.05) is 30.3 Å². The van der Waals surface area contributed by atoms with Gasteiger partial charge in [0, 0.05) is 7.05 Å². The largest absolute Gasteiger partial charge is 0.406 e. The molecule has 0 aliphatic rings. The Kier molecular flexibility index (Phi) is 3.76. The van der Waals surface area contributed by atoms with Gasteiger partial charge in [0.05, 0.1) is 12.6 Å². The molecule has 0 saturated heterocycles. The average Bonchev–Trinajstić information content (AvgIpc) is 2.78. The number of anilines is 1. The minimum Gasteiger partial charge on any atom is -0.394 e. The second kappa shape index (κ2) is 5.49. The number of aliphatic hydroxyl groups excluding tert-OH is 1. The van der Waals surface area contributed by atoms with Crippen LogP contribution in [0.15, 0.2) is 36.7 Å². The molecule has 7 heteroatoms. The van der Waals surface area contributed by atoms with E-state index < -0.39 is 11.0 Å². The van der Waals surface area contributed by atoms with Gasteiger partial charge in [-0.25, -0.2) is 0 Å². The Bertz CT molecular complexity index is 568. The summed E-state index contributed by atoms with van der Waals surface area (Å²) in [5.74, 6) is 0.0183. The highest BCUT2D eigenvalue weighted by molar-refractivity contribution is 5.53. The zero-order valence-electron chi connectivity index (χ0n) is 10.4. The molecule has 2 rings (SSSR count). The molecule has 0 radical (unpaired) electrons. The molecule has 2 aromatic rings. The highest BCUT2D eigenvalue weighted by atomic mass is 16.6. The molecule has 0 amide bonds. The third-order valence-corrected chi connectivity index (χ3v) is 2.79. The van der Waals surface area contributed by atoms with Crippen molar-refractivity contribution in [2.24, 2.45) is 7.05 Å². The number of hydrogen-bond acceptors (Lipinski definition) is 5. The van der Waals surface area contributed by atoms with E-state index in [1.807, 2.05) is 30.3 Å². The van der Waals surface area contributed by atoms with Crippen LogP contribution in [0.4, 0.5) is 11.6 Å². The van der Waals surface area contributed by atoms with E-state index in [0.29, 0.717) is 0 Å². The minimum absolute atomic E-state index is 0.174. The molecular weight excluding hydrogens is 248 g/mol. The van der Waals surface area contributed by atoms with Crippen molar-refractivity contribution in [1.82, 2.24) is 9.55 Å². The summed E-state index contributed by atoms with van der Waals surface area (Å²) in [5, 5.41) is 23.3. The standard InChI is InChI=1S/C12H14N4O3/c1-15-8-13-11(16(18)19)12(15)14-10(7-17)9-5-3-2-4-6-9/h2-6,8,10,14,17H,7H2,1H3. The molecule has 0 spiro atoms. The van der Waals surface area contributed by atoms with E-state index in [9.17, 15) is 15.2 Å². The van der Waals surface area contributed by atoms with Gasteiger partial charge in [0.15, 0.2) is 0 Å². The fourth-order valence-corrected chi connectivity index (χ4v) is 1.80. The lowest BCUT2D eigenvalue weighted by atomic mass is 10.1. The number of rotatable bonds is 5. The Balaban J connectivity index is 2.29. The van der Waals surface area contributed by atoms with Crippen molar-refractivity contribution in [3.63, 3.8) is 0 Å². The fourth-order valence-electron chi connectivity index (χ4n) is 1.80. The molecule has 0 saturated carbocycles. The topological polar surface area (TPSA) is 93.2 Å². The van der Waals surface area contributed by atoms with Crippen molar-refractivity contribution in [2.75, 3.05) is 11.9 Å². The molecular formula is C12H14N4O3. The molecule has 1 aromatic carbocycles. The van der Waals surface area contributed by atoms with E-state index in [1.165, 1.54) is 10.9 Å². The van der Waals surface area contributed by atoms with Crippen molar-refractivity contribution in [3.8, 4) is 0 Å². The molecule has 7 nitrogen and oxygen atoms in total. The zero-order valence-corrected chi connectivity index (χ0v) is 10.4. The van der Waals surface area contributed by atoms with E-state index in [1.54, 1.807) is 7.05 Å². The molecule has 0 aliphatic heterocycles. The van der Waals surface area contributed by atoms with Crippen LogP contribution in [-0.2, 0) is 7.05 Å². The maximum Gasteiger partial charge on any atom is 0.406 e.